The van der Waals surface area contributed by atoms with Gasteiger partial charge in [-0.2, -0.15) is 0 Å². The number of hydrogen-bond donors (Lipinski definition) is 2. The van der Waals surface area contributed by atoms with Gasteiger partial charge in [0.15, 0.2) is 0 Å². The Kier molecular flexibility index (Phi) is 6.67. The summed E-state index contributed by atoms with van der Waals surface area (Å²) < 4.78 is 5.72. The quantitative estimate of drug-likeness (QED) is 0.681. The molecule has 3 heteroatoms. The first-order valence-electron chi connectivity index (χ1n) is 6.30. The molecule has 0 spiro atoms. The molecule has 0 fully saturated rings. The third kappa shape index (κ3) is 5.20. The van der Waals surface area contributed by atoms with E-state index < -0.39 is 0 Å². The van der Waals surface area contributed by atoms with Crippen LogP contribution in [0.1, 0.15) is 25.8 Å². The van der Waals surface area contributed by atoms with Gasteiger partial charge in [-0.15, -0.1) is 0 Å². The Morgan fingerprint density at radius 3 is 2.82 bits per heavy atom. The fraction of sp³-hybridized carbons (Fsp3) is 0.571. The van der Waals surface area contributed by atoms with Gasteiger partial charge in [0.05, 0.1) is 13.2 Å². The van der Waals surface area contributed by atoms with E-state index in [-0.39, 0.29) is 6.61 Å². The molecule has 0 bridgehead atoms. The second-order valence-corrected chi connectivity index (χ2v) is 4.39. The van der Waals surface area contributed by atoms with Gasteiger partial charge >= 0.3 is 0 Å². The van der Waals surface area contributed by atoms with Crippen LogP contribution in [0.2, 0.25) is 0 Å². The first-order chi connectivity index (χ1) is 8.27. The smallest absolute Gasteiger partial charge is 0.124 e. The molecular formula is C14H23NO2. The minimum absolute atomic E-state index is 0.0264. The Hall–Kier alpha value is -1.06. The third-order valence-corrected chi connectivity index (χ3v) is 2.59. The van der Waals surface area contributed by atoms with Gasteiger partial charge in [-0.1, -0.05) is 32.0 Å². The fourth-order valence-corrected chi connectivity index (χ4v) is 1.59. The van der Waals surface area contributed by atoms with E-state index in [0.717, 1.165) is 30.8 Å². The Bertz CT molecular complexity index is 315. The van der Waals surface area contributed by atoms with E-state index in [2.05, 4.69) is 19.2 Å². The van der Waals surface area contributed by atoms with Gasteiger partial charge in [0.1, 0.15) is 5.75 Å². The normalized spacial score (nSPS) is 12.4. The number of ether oxygens (including phenoxy) is 1. The lowest BCUT2D eigenvalue weighted by Gasteiger charge is -2.15. The van der Waals surface area contributed by atoms with Crippen molar-refractivity contribution in [2.24, 2.45) is 5.92 Å². The molecule has 0 heterocycles. The minimum atomic E-state index is 0.0264. The van der Waals surface area contributed by atoms with Crippen LogP contribution in [-0.4, -0.2) is 24.8 Å². The standard InChI is InChI=1S/C14H23NO2/c1-3-8-15-9-12(2)11-17-14-7-5-4-6-13(14)10-16/h4-7,12,15-16H,3,8-11H2,1-2H3. The van der Waals surface area contributed by atoms with Crippen LogP contribution >= 0.6 is 0 Å². The first-order valence-corrected chi connectivity index (χ1v) is 6.30. The lowest BCUT2D eigenvalue weighted by molar-refractivity contribution is 0.237. The summed E-state index contributed by atoms with van der Waals surface area (Å²) in [6.45, 7) is 7.04. The number of rotatable bonds is 8. The molecule has 1 aromatic carbocycles. The summed E-state index contributed by atoms with van der Waals surface area (Å²) in [6.07, 6.45) is 1.15. The summed E-state index contributed by atoms with van der Waals surface area (Å²) in [5.41, 5.74) is 0.848. The van der Waals surface area contributed by atoms with Crippen molar-refractivity contribution in [3.05, 3.63) is 29.8 Å². The molecule has 96 valence electrons. The molecule has 1 aromatic rings. The minimum Gasteiger partial charge on any atom is -0.493 e. The molecule has 0 aromatic heterocycles. The highest BCUT2D eigenvalue weighted by Gasteiger charge is 2.05. The van der Waals surface area contributed by atoms with Crippen LogP contribution in [0, 0.1) is 5.92 Å². The maximum absolute atomic E-state index is 9.16. The second-order valence-electron chi connectivity index (χ2n) is 4.39. The van der Waals surface area contributed by atoms with Gasteiger partial charge in [-0.3, -0.25) is 0 Å². The predicted molar refractivity (Wildman–Crippen MR) is 70.2 cm³/mol. The van der Waals surface area contributed by atoms with Gasteiger partial charge in [0.2, 0.25) is 0 Å². The predicted octanol–water partition coefficient (Wildman–Crippen LogP) is 2.19. The van der Waals surface area contributed by atoms with E-state index in [1.54, 1.807) is 0 Å². The summed E-state index contributed by atoms with van der Waals surface area (Å²) in [6, 6.07) is 7.62. The summed E-state index contributed by atoms with van der Waals surface area (Å²) in [4.78, 5) is 0. The summed E-state index contributed by atoms with van der Waals surface area (Å²) in [7, 11) is 0. The summed E-state index contributed by atoms with van der Waals surface area (Å²) >= 11 is 0. The van der Waals surface area contributed by atoms with Crippen LogP contribution in [0.3, 0.4) is 0 Å². The van der Waals surface area contributed by atoms with E-state index in [1.807, 2.05) is 24.3 Å². The van der Waals surface area contributed by atoms with Gasteiger partial charge in [0.25, 0.3) is 0 Å². The Morgan fingerprint density at radius 2 is 2.12 bits per heavy atom. The number of nitrogens with one attached hydrogen (secondary N) is 1. The maximum Gasteiger partial charge on any atom is 0.124 e. The molecule has 0 saturated carbocycles. The van der Waals surface area contributed by atoms with Crippen LogP contribution in [0.25, 0.3) is 0 Å². The molecule has 2 N–H and O–H groups in total. The van der Waals surface area contributed by atoms with Crippen LogP contribution in [-0.2, 0) is 6.61 Å². The van der Waals surface area contributed by atoms with Crippen molar-refractivity contribution in [3.63, 3.8) is 0 Å². The van der Waals surface area contributed by atoms with Crippen LogP contribution in [0.15, 0.2) is 24.3 Å². The van der Waals surface area contributed by atoms with Crippen LogP contribution in [0.4, 0.5) is 0 Å². The molecule has 1 unspecified atom stereocenters. The molecule has 0 aliphatic carbocycles. The van der Waals surface area contributed by atoms with Crippen LogP contribution < -0.4 is 10.1 Å². The van der Waals surface area contributed by atoms with Gasteiger partial charge in [-0.05, 0) is 19.0 Å². The van der Waals surface area contributed by atoms with Gasteiger partial charge < -0.3 is 15.2 Å². The zero-order valence-electron chi connectivity index (χ0n) is 10.8. The number of aliphatic hydroxyl groups excluding tert-OH is 1. The van der Waals surface area contributed by atoms with Crippen molar-refractivity contribution in [2.75, 3.05) is 19.7 Å². The molecule has 0 saturated heterocycles. The van der Waals surface area contributed by atoms with E-state index in [1.165, 1.54) is 0 Å². The van der Waals surface area contributed by atoms with Crippen molar-refractivity contribution in [1.29, 1.82) is 0 Å². The fourth-order valence-electron chi connectivity index (χ4n) is 1.59. The van der Waals surface area contributed by atoms with Crippen molar-refractivity contribution in [2.45, 2.75) is 26.9 Å². The molecule has 1 atom stereocenters. The Labute approximate surface area is 104 Å². The van der Waals surface area contributed by atoms with Crippen molar-refractivity contribution < 1.29 is 9.84 Å². The molecule has 0 aliphatic rings. The Morgan fingerprint density at radius 1 is 1.35 bits per heavy atom. The molecule has 1 rings (SSSR count). The third-order valence-electron chi connectivity index (χ3n) is 2.59. The highest BCUT2D eigenvalue weighted by atomic mass is 16.5. The average Bonchev–Trinajstić information content (AvgIpc) is 2.37. The average molecular weight is 237 g/mol. The van der Waals surface area contributed by atoms with Crippen molar-refractivity contribution >= 4 is 0 Å². The maximum atomic E-state index is 9.16. The second kappa shape index (κ2) is 8.09. The molecular weight excluding hydrogens is 214 g/mol. The summed E-state index contributed by atoms with van der Waals surface area (Å²) in [5, 5.41) is 12.5. The molecule has 0 radical (unpaired) electrons. The molecule has 3 nitrogen and oxygen atoms in total. The van der Waals surface area contributed by atoms with Crippen molar-refractivity contribution in [3.8, 4) is 5.75 Å². The molecule has 17 heavy (non-hydrogen) atoms. The van der Waals surface area contributed by atoms with Crippen LogP contribution in [0.5, 0.6) is 5.75 Å². The molecule has 0 aliphatic heterocycles. The number of para-hydroxylation sites is 1. The Balaban J connectivity index is 2.33. The highest BCUT2D eigenvalue weighted by molar-refractivity contribution is 5.32. The molecule has 0 amide bonds. The largest absolute Gasteiger partial charge is 0.493 e. The van der Waals surface area contributed by atoms with E-state index in [9.17, 15) is 0 Å². The lowest BCUT2D eigenvalue weighted by atomic mass is 10.2. The number of hydrogen-bond acceptors (Lipinski definition) is 3. The topological polar surface area (TPSA) is 41.5 Å². The highest BCUT2D eigenvalue weighted by Crippen LogP contribution is 2.18. The summed E-state index contributed by atoms with van der Waals surface area (Å²) in [5.74, 6) is 1.26. The van der Waals surface area contributed by atoms with Gasteiger partial charge in [-0.25, -0.2) is 0 Å². The monoisotopic (exact) mass is 237 g/mol. The zero-order chi connectivity index (χ0) is 12.5. The van der Waals surface area contributed by atoms with E-state index in [0.29, 0.717) is 12.5 Å². The number of benzene rings is 1. The SMILES string of the molecule is CCCNCC(C)COc1ccccc1CO. The van der Waals surface area contributed by atoms with E-state index in [4.69, 9.17) is 9.84 Å². The first kappa shape index (κ1) is 14.0. The van der Waals surface area contributed by atoms with E-state index >= 15 is 0 Å². The zero-order valence-corrected chi connectivity index (χ0v) is 10.8. The van der Waals surface area contributed by atoms with Crippen molar-refractivity contribution in [1.82, 2.24) is 5.32 Å². The number of aliphatic hydroxyl groups is 1. The van der Waals surface area contributed by atoms with Gasteiger partial charge in [0, 0.05) is 18.0 Å². The lowest BCUT2D eigenvalue weighted by Crippen LogP contribution is -2.25.